The number of hydrogen-bond acceptors (Lipinski definition) is 6. The van der Waals surface area contributed by atoms with E-state index in [4.69, 9.17) is 4.42 Å². The van der Waals surface area contributed by atoms with Crippen LogP contribution in [0.5, 0.6) is 5.75 Å². The summed E-state index contributed by atoms with van der Waals surface area (Å²) in [4.78, 5) is 19.9. The van der Waals surface area contributed by atoms with Crippen molar-refractivity contribution in [1.82, 2.24) is 4.98 Å². The first kappa shape index (κ1) is 16.6. The Morgan fingerprint density at radius 1 is 1.19 bits per heavy atom. The van der Waals surface area contributed by atoms with Gasteiger partial charge in [-0.2, -0.15) is 0 Å². The van der Waals surface area contributed by atoms with Crippen molar-refractivity contribution in [2.45, 2.75) is 6.54 Å². The van der Waals surface area contributed by atoms with Crippen molar-refractivity contribution in [2.75, 3.05) is 5.32 Å². The number of pyridine rings is 1. The normalized spacial score (nSPS) is 13.7. The Morgan fingerprint density at radius 2 is 2.00 bits per heavy atom. The zero-order valence-electron chi connectivity index (χ0n) is 14.1. The molecular formula is C20H15N3O4. The van der Waals surface area contributed by atoms with Crippen LogP contribution in [0.3, 0.4) is 0 Å². The van der Waals surface area contributed by atoms with Gasteiger partial charge in [0.2, 0.25) is 5.88 Å². The summed E-state index contributed by atoms with van der Waals surface area (Å²) >= 11 is 0. The fraction of sp³-hybridized carbons (Fsp3) is 0.0500. The molecule has 27 heavy (non-hydrogen) atoms. The number of carbonyl (C=O) groups is 1. The maximum Gasteiger partial charge on any atom is 0.345 e. The molecule has 0 spiro atoms. The minimum absolute atomic E-state index is 0.00273. The molecule has 2 aromatic heterocycles. The largest absolute Gasteiger partial charge is 0.504 e. The van der Waals surface area contributed by atoms with Crippen LogP contribution in [0, 0.1) is 0 Å². The highest BCUT2D eigenvalue weighted by atomic mass is 16.4. The summed E-state index contributed by atoms with van der Waals surface area (Å²) in [7, 11) is 0. The van der Waals surface area contributed by atoms with Crippen LogP contribution in [-0.2, 0) is 6.54 Å². The van der Waals surface area contributed by atoms with E-state index in [1.54, 1.807) is 24.6 Å². The molecule has 1 aliphatic heterocycles. The number of carboxylic acid groups (broad SMARTS) is 1. The lowest BCUT2D eigenvalue weighted by Crippen LogP contribution is -2.04. The fourth-order valence-corrected chi connectivity index (χ4v) is 2.82. The van der Waals surface area contributed by atoms with E-state index in [1.165, 1.54) is 0 Å². The maximum absolute atomic E-state index is 11.6. The predicted octanol–water partition coefficient (Wildman–Crippen LogP) is 3.95. The highest BCUT2D eigenvalue weighted by Gasteiger charge is 2.25. The number of aromatic nitrogens is 1. The molecule has 3 N–H and O–H groups in total. The van der Waals surface area contributed by atoms with Crippen molar-refractivity contribution in [3.63, 3.8) is 0 Å². The summed E-state index contributed by atoms with van der Waals surface area (Å²) in [5.41, 5.74) is 2.10. The number of anilines is 1. The molecule has 0 fully saturated rings. The summed E-state index contributed by atoms with van der Waals surface area (Å²) in [5.74, 6) is -1.11. The number of nitrogens with zero attached hydrogens (tertiary/aromatic N) is 2. The predicted molar refractivity (Wildman–Crippen MR) is 101 cm³/mol. The number of hydrogen-bond donors (Lipinski definition) is 3. The zero-order valence-corrected chi connectivity index (χ0v) is 14.1. The summed E-state index contributed by atoms with van der Waals surface area (Å²) in [6.45, 7) is 0.359. The highest BCUT2D eigenvalue weighted by molar-refractivity contribution is 6.21. The van der Waals surface area contributed by atoms with Crippen molar-refractivity contribution < 1.29 is 19.4 Å². The van der Waals surface area contributed by atoms with Gasteiger partial charge in [-0.1, -0.05) is 30.3 Å². The van der Waals surface area contributed by atoms with Gasteiger partial charge in [-0.25, -0.2) is 14.8 Å². The molecule has 0 unspecified atom stereocenters. The van der Waals surface area contributed by atoms with E-state index in [9.17, 15) is 15.0 Å². The van der Waals surface area contributed by atoms with Crippen LogP contribution < -0.4 is 5.32 Å². The number of aliphatic imine (C=N–C) groups is 1. The molecule has 134 valence electrons. The van der Waals surface area contributed by atoms with Gasteiger partial charge >= 0.3 is 5.97 Å². The minimum atomic E-state index is -1.28. The van der Waals surface area contributed by atoms with E-state index in [0.29, 0.717) is 17.9 Å². The second-order valence-corrected chi connectivity index (χ2v) is 5.90. The number of rotatable bonds is 5. The Labute approximate surface area is 154 Å². The van der Waals surface area contributed by atoms with Gasteiger partial charge in [-0.3, -0.25) is 0 Å². The number of aromatic carboxylic acids is 1. The van der Waals surface area contributed by atoms with Crippen LogP contribution >= 0.6 is 0 Å². The molecule has 0 bridgehead atoms. The fourth-order valence-electron chi connectivity index (χ4n) is 2.82. The Hall–Kier alpha value is -3.87. The lowest BCUT2D eigenvalue weighted by atomic mass is 10.1. The van der Waals surface area contributed by atoms with Crippen LogP contribution in [0.2, 0.25) is 0 Å². The van der Waals surface area contributed by atoms with E-state index in [2.05, 4.69) is 15.3 Å². The van der Waals surface area contributed by atoms with Crippen molar-refractivity contribution in [1.29, 1.82) is 0 Å². The van der Waals surface area contributed by atoms with Crippen molar-refractivity contribution in [3.8, 4) is 5.75 Å². The molecule has 3 heterocycles. The first-order valence-electron chi connectivity index (χ1n) is 8.21. The highest BCUT2D eigenvalue weighted by Crippen LogP contribution is 2.38. The Morgan fingerprint density at radius 3 is 2.78 bits per heavy atom. The number of fused-ring (bicyclic) bond motifs is 1. The van der Waals surface area contributed by atoms with Crippen LogP contribution in [0.15, 0.2) is 58.1 Å². The first-order valence-corrected chi connectivity index (χ1v) is 8.21. The number of allylic oxidation sites excluding steroid dienone is 1. The monoisotopic (exact) mass is 361 g/mol. The van der Waals surface area contributed by atoms with Gasteiger partial charge in [0.1, 0.15) is 0 Å². The van der Waals surface area contributed by atoms with Crippen molar-refractivity contribution >= 4 is 35.5 Å². The zero-order chi connectivity index (χ0) is 18.8. The SMILES string of the molecule is O=C(O)c1c(NCc2ccccc2)oc(C=C2C=Nc3ncccc32)c1O. The summed E-state index contributed by atoms with van der Waals surface area (Å²) in [6, 6.07) is 13.1. The molecule has 0 radical (unpaired) electrons. The molecule has 0 amide bonds. The smallest absolute Gasteiger partial charge is 0.345 e. The average Bonchev–Trinajstić information content (AvgIpc) is 3.22. The lowest BCUT2D eigenvalue weighted by molar-refractivity contribution is 0.0694. The van der Waals surface area contributed by atoms with Crippen LogP contribution in [-0.4, -0.2) is 27.4 Å². The second-order valence-electron chi connectivity index (χ2n) is 5.90. The molecule has 0 atom stereocenters. The third-order valence-corrected chi connectivity index (χ3v) is 4.13. The first-order chi connectivity index (χ1) is 13.1. The molecule has 0 saturated heterocycles. The Kier molecular flexibility index (Phi) is 4.18. The van der Waals surface area contributed by atoms with E-state index < -0.39 is 11.7 Å². The van der Waals surface area contributed by atoms with Gasteiger partial charge < -0.3 is 19.9 Å². The van der Waals surface area contributed by atoms with Gasteiger partial charge in [0, 0.05) is 30.1 Å². The topological polar surface area (TPSA) is 108 Å². The third-order valence-electron chi connectivity index (χ3n) is 4.13. The third kappa shape index (κ3) is 3.18. The van der Waals surface area contributed by atoms with Crippen LogP contribution in [0.4, 0.5) is 11.7 Å². The molecule has 0 aliphatic carbocycles. The summed E-state index contributed by atoms with van der Waals surface area (Å²) < 4.78 is 5.61. The molecule has 7 heteroatoms. The van der Waals surface area contributed by atoms with Gasteiger partial charge in [0.15, 0.2) is 22.9 Å². The number of furan rings is 1. The number of nitrogens with one attached hydrogen (secondary N) is 1. The number of carboxylic acids is 1. The number of benzene rings is 1. The molecule has 3 aromatic rings. The van der Waals surface area contributed by atoms with E-state index in [0.717, 1.165) is 11.1 Å². The molecule has 0 saturated carbocycles. The maximum atomic E-state index is 11.6. The van der Waals surface area contributed by atoms with Gasteiger partial charge in [0.25, 0.3) is 0 Å². The quantitative estimate of drug-likeness (QED) is 0.635. The molecule has 7 nitrogen and oxygen atoms in total. The lowest BCUT2D eigenvalue weighted by Gasteiger charge is -2.04. The minimum Gasteiger partial charge on any atom is -0.504 e. The van der Waals surface area contributed by atoms with E-state index >= 15 is 0 Å². The van der Waals surface area contributed by atoms with Crippen LogP contribution in [0.25, 0.3) is 11.6 Å². The number of aromatic hydroxyl groups is 1. The Balaban J connectivity index is 1.68. The van der Waals surface area contributed by atoms with Gasteiger partial charge in [0.05, 0.1) is 0 Å². The summed E-state index contributed by atoms with van der Waals surface area (Å²) in [5, 5.41) is 22.8. The van der Waals surface area contributed by atoms with Crippen molar-refractivity contribution in [2.24, 2.45) is 4.99 Å². The summed E-state index contributed by atoms with van der Waals surface area (Å²) in [6.07, 6.45) is 4.78. The molecule has 1 aliphatic rings. The van der Waals surface area contributed by atoms with E-state index in [-0.39, 0.29) is 17.2 Å². The average molecular weight is 361 g/mol. The van der Waals surface area contributed by atoms with Crippen molar-refractivity contribution in [3.05, 3.63) is 71.1 Å². The van der Waals surface area contributed by atoms with E-state index in [1.807, 2.05) is 36.4 Å². The molecular weight excluding hydrogens is 346 g/mol. The second kappa shape index (κ2) is 6.80. The van der Waals surface area contributed by atoms with Crippen LogP contribution in [0.1, 0.15) is 27.2 Å². The molecule has 4 rings (SSSR count). The van der Waals surface area contributed by atoms with Gasteiger partial charge in [-0.15, -0.1) is 0 Å². The molecule has 1 aromatic carbocycles. The Bertz CT molecular complexity index is 1070. The van der Waals surface area contributed by atoms with Gasteiger partial charge in [-0.05, 0) is 23.8 Å². The standard InChI is InChI=1S/C20H15N3O4/c24-17-15(9-13-11-22-18-14(13)7-4-8-21-18)27-19(16(17)20(25)26)23-10-12-5-2-1-3-6-12/h1-9,11,23-24H,10H2,(H,25,26).